The molecule has 1 amide bonds. The maximum atomic E-state index is 11.9. The van der Waals surface area contributed by atoms with Crippen LogP contribution in [0.4, 0.5) is 0 Å². The summed E-state index contributed by atoms with van der Waals surface area (Å²) < 4.78 is 26.0. The third-order valence-electron chi connectivity index (χ3n) is 2.27. The molecule has 0 aliphatic heterocycles. The van der Waals surface area contributed by atoms with Gasteiger partial charge < -0.3 is 10.4 Å². The third-order valence-corrected chi connectivity index (χ3v) is 3.69. The lowest BCUT2D eigenvalue weighted by Crippen LogP contribution is -2.36. The van der Waals surface area contributed by atoms with Crippen molar-refractivity contribution in [1.82, 2.24) is 10.0 Å². The molecule has 0 saturated carbocycles. The Hall–Kier alpha value is -1.88. The summed E-state index contributed by atoms with van der Waals surface area (Å²) in [4.78, 5) is 11.3. The zero-order valence-corrected chi connectivity index (χ0v) is 11.8. The average molecular weight is 296 g/mol. The molecular formula is C13H16N2O4S. The second-order valence-electron chi connectivity index (χ2n) is 3.76. The Labute approximate surface area is 118 Å². The topological polar surface area (TPSA) is 95.5 Å². The second-order valence-corrected chi connectivity index (χ2v) is 5.53. The Balaban J connectivity index is 2.75. The van der Waals surface area contributed by atoms with E-state index >= 15 is 0 Å². The number of likely N-dealkylation sites (N-methyl/N-ethyl adjacent to an activating group) is 1. The fourth-order valence-electron chi connectivity index (χ4n) is 1.36. The first-order valence-corrected chi connectivity index (χ1v) is 7.44. The maximum Gasteiger partial charge on any atom is 0.241 e. The zero-order valence-electron chi connectivity index (χ0n) is 11.0. The third kappa shape index (κ3) is 5.01. The summed E-state index contributed by atoms with van der Waals surface area (Å²) in [6.07, 6.45) is 0. The van der Waals surface area contributed by atoms with Crippen LogP contribution in [0.1, 0.15) is 12.5 Å². The molecule has 3 N–H and O–H groups in total. The van der Waals surface area contributed by atoms with Crippen LogP contribution in [-0.2, 0) is 14.8 Å². The summed E-state index contributed by atoms with van der Waals surface area (Å²) in [6, 6.07) is 5.84. The van der Waals surface area contributed by atoms with Gasteiger partial charge in [-0.3, -0.25) is 4.79 Å². The van der Waals surface area contributed by atoms with Gasteiger partial charge >= 0.3 is 0 Å². The standard InChI is InChI=1S/C13H16N2O4S/c1-2-14-13(17)10-15-20(18,19)12-7-5-11(6-8-12)4-3-9-16/h5-8,15-16H,2,9-10H2,1H3,(H,14,17). The van der Waals surface area contributed by atoms with Crippen LogP contribution in [0.25, 0.3) is 0 Å². The molecule has 0 spiro atoms. The molecule has 0 radical (unpaired) electrons. The van der Waals surface area contributed by atoms with Crippen molar-refractivity contribution in [1.29, 1.82) is 0 Å². The molecular weight excluding hydrogens is 280 g/mol. The number of carbonyl (C=O) groups is 1. The van der Waals surface area contributed by atoms with Crippen LogP contribution < -0.4 is 10.0 Å². The highest BCUT2D eigenvalue weighted by Crippen LogP contribution is 2.09. The lowest BCUT2D eigenvalue weighted by Gasteiger charge is -2.06. The maximum absolute atomic E-state index is 11.9. The Kier molecular flexibility index (Phi) is 6.18. The number of aliphatic hydroxyl groups is 1. The van der Waals surface area contributed by atoms with Gasteiger partial charge in [0.1, 0.15) is 6.61 Å². The van der Waals surface area contributed by atoms with Crippen molar-refractivity contribution in [2.75, 3.05) is 19.7 Å². The van der Waals surface area contributed by atoms with E-state index in [1.54, 1.807) is 6.92 Å². The molecule has 7 heteroatoms. The van der Waals surface area contributed by atoms with Gasteiger partial charge in [-0.1, -0.05) is 11.8 Å². The van der Waals surface area contributed by atoms with E-state index < -0.39 is 10.0 Å². The molecule has 6 nitrogen and oxygen atoms in total. The normalized spacial score (nSPS) is 10.5. The van der Waals surface area contributed by atoms with Crippen molar-refractivity contribution in [3.63, 3.8) is 0 Å². The number of sulfonamides is 1. The summed E-state index contributed by atoms with van der Waals surface area (Å²) >= 11 is 0. The van der Waals surface area contributed by atoms with Crippen LogP contribution in [0.3, 0.4) is 0 Å². The van der Waals surface area contributed by atoms with Gasteiger partial charge in [0.25, 0.3) is 0 Å². The van der Waals surface area contributed by atoms with Crippen molar-refractivity contribution in [3.05, 3.63) is 29.8 Å². The predicted molar refractivity (Wildman–Crippen MR) is 74.3 cm³/mol. The molecule has 0 aliphatic carbocycles. The van der Waals surface area contributed by atoms with E-state index in [2.05, 4.69) is 21.9 Å². The monoisotopic (exact) mass is 296 g/mol. The summed E-state index contributed by atoms with van der Waals surface area (Å²) in [5.41, 5.74) is 0.599. The number of hydrogen-bond donors (Lipinski definition) is 3. The van der Waals surface area contributed by atoms with Crippen LogP contribution in [0.5, 0.6) is 0 Å². The summed E-state index contributed by atoms with van der Waals surface area (Å²) in [5.74, 6) is 4.74. The number of carbonyl (C=O) groups excluding carboxylic acids is 1. The molecule has 1 aromatic carbocycles. The lowest BCUT2D eigenvalue weighted by atomic mass is 10.2. The number of hydrogen-bond acceptors (Lipinski definition) is 4. The van der Waals surface area contributed by atoms with Crippen LogP contribution in [0.2, 0.25) is 0 Å². The Morgan fingerprint density at radius 2 is 1.95 bits per heavy atom. The van der Waals surface area contributed by atoms with Crippen molar-refractivity contribution >= 4 is 15.9 Å². The smallest absolute Gasteiger partial charge is 0.241 e. The second kappa shape index (κ2) is 7.65. The van der Waals surface area contributed by atoms with Crippen molar-refractivity contribution in [2.24, 2.45) is 0 Å². The van der Waals surface area contributed by atoms with Crippen LogP contribution in [-0.4, -0.2) is 39.1 Å². The SMILES string of the molecule is CCNC(=O)CNS(=O)(=O)c1ccc(C#CCO)cc1. The largest absolute Gasteiger partial charge is 0.384 e. The molecule has 20 heavy (non-hydrogen) atoms. The molecule has 0 aromatic heterocycles. The van der Waals surface area contributed by atoms with Gasteiger partial charge in [-0.15, -0.1) is 0 Å². The minimum absolute atomic E-state index is 0.0522. The molecule has 0 unspecified atom stereocenters. The molecule has 0 atom stereocenters. The molecule has 108 valence electrons. The van der Waals surface area contributed by atoms with E-state index in [4.69, 9.17) is 5.11 Å². The highest BCUT2D eigenvalue weighted by molar-refractivity contribution is 7.89. The number of nitrogens with one attached hydrogen (secondary N) is 2. The van der Waals surface area contributed by atoms with Gasteiger partial charge in [-0.05, 0) is 31.2 Å². The van der Waals surface area contributed by atoms with E-state index in [-0.39, 0.29) is 24.0 Å². The lowest BCUT2D eigenvalue weighted by molar-refractivity contribution is -0.119. The first-order chi connectivity index (χ1) is 9.49. The molecule has 1 aromatic rings. The van der Waals surface area contributed by atoms with E-state index in [9.17, 15) is 13.2 Å². The number of benzene rings is 1. The fourth-order valence-corrected chi connectivity index (χ4v) is 2.34. The minimum Gasteiger partial charge on any atom is -0.384 e. The number of rotatable bonds is 5. The van der Waals surface area contributed by atoms with Crippen molar-refractivity contribution in [3.8, 4) is 11.8 Å². The fraction of sp³-hybridized carbons (Fsp3) is 0.308. The zero-order chi connectivity index (χ0) is 15.0. The molecule has 0 saturated heterocycles. The number of amides is 1. The van der Waals surface area contributed by atoms with E-state index in [0.29, 0.717) is 12.1 Å². The molecule has 0 fully saturated rings. The average Bonchev–Trinajstić information content (AvgIpc) is 2.44. The molecule has 0 bridgehead atoms. The van der Waals surface area contributed by atoms with Crippen LogP contribution >= 0.6 is 0 Å². The van der Waals surface area contributed by atoms with Gasteiger partial charge in [0, 0.05) is 12.1 Å². The summed E-state index contributed by atoms with van der Waals surface area (Å²) in [5, 5.41) is 11.1. The van der Waals surface area contributed by atoms with Gasteiger partial charge in [0.05, 0.1) is 11.4 Å². The first-order valence-electron chi connectivity index (χ1n) is 5.95. The van der Waals surface area contributed by atoms with Crippen molar-refractivity contribution < 1.29 is 18.3 Å². The highest BCUT2D eigenvalue weighted by atomic mass is 32.2. The van der Waals surface area contributed by atoms with Gasteiger partial charge in [-0.25, -0.2) is 13.1 Å². The highest BCUT2D eigenvalue weighted by Gasteiger charge is 2.14. The van der Waals surface area contributed by atoms with Crippen LogP contribution in [0.15, 0.2) is 29.2 Å². The minimum atomic E-state index is -3.72. The summed E-state index contributed by atoms with van der Waals surface area (Å²) in [6.45, 7) is 1.63. The predicted octanol–water partition coefficient (Wildman–Crippen LogP) is -0.555. The van der Waals surface area contributed by atoms with Gasteiger partial charge in [0.15, 0.2) is 0 Å². The molecule has 1 rings (SSSR count). The van der Waals surface area contributed by atoms with Crippen LogP contribution in [0, 0.1) is 11.8 Å². The van der Waals surface area contributed by atoms with E-state index in [1.807, 2.05) is 0 Å². The Morgan fingerprint density at radius 1 is 1.30 bits per heavy atom. The van der Waals surface area contributed by atoms with Gasteiger partial charge in [-0.2, -0.15) is 0 Å². The Morgan fingerprint density at radius 3 is 2.50 bits per heavy atom. The van der Waals surface area contributed by atoms with E-state index in [1.165, 1.54) is 24.3 Å². The first kappa shape index (κ1) is 16.2. The molecule has 0 aliphatic rings. The number of aliphatic hydroxyl groups excluding tert-OH is 1. The Bertz CT molecular complexity index is 612. The quantitative estimate of drug-likeness (QED) is 0.635. The summed E-state index contributed by atoms with van der Waals surface area (Å²) in [7, 11) is -3.72. The van der Waals surface area contributed by atoms with E-state index in [0.717, 1.165) is 0 Å². The molecule has 0 heterocycles. The van der Waals surface area contributed by atoms with Gasteiger partial charge in [0.2, 0.25) is 15.9 Å². The van der Waals surface area contributed by atoms with Crippen molar-refractivity contribution in [2.45, 2.75) is 11.8 Å².